The van der Waals surface area contributed by atoms with Crippen LogP contribution < -0.4 is 5.56 Å². The summed E-state index contributed by atoms with van der Waals surface area (Å²) in [7, 11) is 0. The maximum Gasteiger partial charge on any atom is 0.267 e. The molecule has 0 bridgehead atoms. The Kier molecular flexibility index (Phi) is 3.48. The number of halogens is 1. The zero-order valence-corrected chi connectivity index (χ0v) is 9.41. The second-order valence-electron chi connectivity index (χ2n) is 2.60. The number of aryl methyl sites for hydroxylation is 2. The van der Waals surface area contributed by atoms with Gasteiger partial charge in [0.1, 0.15) is 0 Å². The van der Waals surface area contributed by atoms with Gasteiger partial charge in [-0.05, 0) is 29.5 Å². The SMILES string of the molecule is C#CCCn1cnc(C)c(I)c1=O. The first kappa shape index (κ1) is 10.3. The van der Waals surface area contributed by atoms with E-state index in [2.05, 4.69) is 10.9 Å². The van der Waals surface area contributed by atoms with E-state index in [0.29, 0.717) is 16.5 Å². The first-order chi connectivity index (χ1) is 6.16. The van der Waals surface area contributed by atoms with Gasteiger partial charge in [-0.25, -0.2) is 4.98 Å². The van der Waals surface area contributed by atoms with Gasteiger partial charge in [-0.3, -0.25) is 9.36 Å². The maximum absolute atomic E-state index is 11.5. The second kappa shape index (κ2) is 4.42. The van der Waals surface area contributed by atoms with Crippen molar-refractivity contribution in [2.24, 2.45) is 0 Å². The Morgan fingerprint density at radius 2 is 2.46 bits per heavy atom. The predicted octanol–water partition coefficient (Wildman–Crippen LogP) is 1.18. The molecule has 0 spiro atoms. The number of nitrogens with zero attached hydrogens (tertiary/aromatic N) is 2. The van der Waals surface area contributed by atoms with Crippen LogP contribution in [0.25, 0.3) is 0 Å². The smallest absolute Gasteiger partial charge is 0.267 e. The van der Waals surface area contributed by atoms with Crippen molar-refractivity contribution in [2.45, 2.75) is 19.9 Å². The van der Waals surface area contributed by atoms with Crippen LogP contribution in [0.1, 0.15) is 12.1 Å². The Balaban J connectivity index is 3.06. The molecule has 0 amide bonds. The summed E-state index contributed by atoms with van der Waals surface area (Å²) >= 11 is 2.00. The Bertz CT molecular complexity index is 403. The molecule has 4 heteroatoms. The topological polar surface area (TPSA) is 34.9 Å². The highest BCUT2D eigenvalue weighted by Gasteiger charge is 2.03. The van der Waals surface area contributed by atoms with Gasteiger partial charge in [0.15, 0.2) is 0 Å². The molecule has 0 unspecified atom stereocenters. The summed E-state index contributed by atoms with van der Waals surface area (Å²) in [5.41, 5.74) is 0.755. The van der Waals surface area contributed by atoms with Crippen LogP contribution in [0.3, 0.4) is 0 Å². The van der Waals surface area contributed by atoms with Crippen LogP contribution >= 0.6 is 22.6 Å². The monoisotopic (exact) mass is 288 g/mol. The van der Waals surface area contributed by atoms with Gasteiger partial charge in [0.25, 0.3) is 5.56 Å². The molecule has 68 valence electrons. The molecule has 3 nitrogen and oxygen atoms in total. The molecule has 0 saturated carbocycles. The fraction of sp³-hybridized carbons (Fsp3) is 0.333. The molecule has 1 aromatic heterocycles. The standard InChI is InChI=1S/C9H9IN2O/c1-3-4-5-12-6-11-7(2)8(10)9(12)13/h1,6H,4-5H2,2H3. The van der Waals surface area contributed by atoms with Gasteiger partial charge in [-0.2, -0.15) is 0 Å². The normalized spacial score (nSPS) is 9.62. The van der Waals surface area contributed by atoms with Gasteiger partial charge >= 0.3 is 0 Å². The highest BCUT2D eigenvalue weighted by atomic mass is 127. The lowest BCUT2D eigenvalue weighted by Gasteiger charge is -2.03. The summed E-state index contributed by atoms with van der Waals surface area (Å²) in [4.78, 5) is 15.6. The second-order valence-corrected chi connectivity index (χ2v) is 3.68. The van der Waals surface area contributed by atoms with Crippen molar-refractivity contribution in [2.75, 3.05) is 0 Å². The van der Waals surface area contributed by atoms with Gasteiger partial charge in [0, 0.05) is 13.0 Å². The molecule has 0 aliphatic rings. The Hall–Kier alpha value is -0.830. The molecule has 0 radical (unpaired) electrons. The third-order valence-corrected chi connectivity index (χ3v) is 2.90. The van der Waals surface area contributed by atoms with Gasteiger partial charge in [-0.1, -0.05) is 0 Å². The quantitative estimate of drug-likeness (QED) is 0.605. The minimum Gasteiger partial charge on any atom is -0.297 e. The van der Waals surface area contributed by atoms with Crippen molar-refractivity contribution in [1.29, 1.82) is 0 Å². The van der Waals surface area contributed by atoms with E-state index in [1.54, 1.807) is 0 Å². The summed E-state index contributed by atoms with van der Waals surface area (Å²) < 4.78 is 2.20. The Labute approximate surface area is 90.3 Å². The van der Waals surface area contributed by atoms with Crippen molar-refractivity contribution in [3.05, 3.63) is 25.9 Å². The lowest BCUT2D eigenvalue weighted by Crippen LogP contribution is -2.23. The van der Waals surface area contributed by atoms with Crippen LogP contribution in [0.15, 0.2) is 11.1 Å². The molecule has 1 aromatic rings. The third kappa shape index (κ3) is 2.31. The highest BCUT2D eigenvalue weighted by molar-refractivity contribution is 14.1. The van der Waals surface area contributed by atoms with Gasteiger partial charge in [0.2, 0.25) is 0 Å². The zero-order valence-electron chi connectivity index (χ0n) is 7.25. The summed E-state index contributed by atoms with van der Waals surface area (Å²) in [6.07, 6.45) is 7.20. The Morgan fingerprint density at radius 3 is 3.08 bits per heavy atom. The van der Waals surface area contributed by atoms with E-state index in [9.17, 15) is 4.79 Å². The summed E-state index contributed by atoms with van der Waals surface area (Å²) in [5, 5.41) is 0. The van der Waals surface area contributed by atoms with Crippen LogP contribution in [-0.4, -0.2) is 9.55 Å². The molecular weight excluding hydrogens is 279 g/mol. The predicted molar refractivity (Wildman–Crippen MR) is 59.4 cm³/mol. The van der Waals surface area contributed by atoms with Gasteiger partial charge < -0.3 is 0 Å². The first-order valence-corrected chi connectivity index (χ1v) is 4.89. The lowest BCUT2D eigenvalue weighted by molar-refractivity contribution is 0.664. The molecule has 1 rings (SSSR count). The van der Waals surface area contributed by atoms with Crippen LogP contribution in [0, 0.1) is 22.8 Å². The fourth-order valence-electron chi connectivity index (χ4n) is 0.891. The number of rotatable bonds is 2. The summed E-state index contributed by atoms with van der Waals surface area (Å²) in [6.45, 7) is 2.35. The summed E-state index contributed by atoms with van der Waals surface area (Å²) in [5.74, 6) is 2.49. The maximum atomic E-state index is 11.5. The van der Waals surface area contributed by atoms with Crippen molar-refractivity contribution >= 4 is 22.6 Å². The number of aromatic nitrogens is 2. The third-order valence-electron chi connectivity index (χ3n) is 1.65. The van der Waals surface area contributed by atoms with Crippen LogP contribution in [-0.2, 0) is 6.54 Å². The largest absolute Gasteiger partial charge is 0.297 e. The van der Waals surface area contributed by atoms with E-state index in [1.807, 2.05) is 29.5 Å². The fourth-order valence-corrected chi connectivity index (χ4v) is 1.34. The van der Waals surface area contributed by atoms with E-state index in [1.165, 1.54) is 10.9 Å². The molecule has 0 atom stereocenters. The van der Waals surface area contributed by atoms with Crippen molar-refractivity contribution in [3.8, 4) is 12.3 Å². The molecule has 0 aromatic carbocycles. The minimum atomic E-state index is -0.0108. The molecule has 0 N–H and O–H groups in total. The van der Waals surface area contributed by atoms with Crippen LogP contribution in [0.2, 0.25) is 0 Å². The Morgan fingerprint density at radius 1 is 1.77 bits per heavy atom. The van der Waals surface area contributed by atoms with Gasteiger partial charge in [-0.15, -0.1) is 12.3 Å². The molecular formula is C9H9IN2O. The summed E-state index contributed by atoms with van der Waals surface area (Å²) in [6, 6.07) is 0. The molecule has 13 heavy (non-hydrogen) atoms. The number of hydrogen-bond donors (Lipinski definition) is 0. The average molecular weight is 288 g/mol. The molecule has 0 aliphatic carbocycles. The van der Waals surface area contributed by atoms with Crippen molar-refractivity contribution in [1.82, 2.24) is 9.55 Å². The average Bonchev–Trinajstić information content (AvgIpc) is 2.13. The number of hydrogen-bond acceptors (Lipinski definition) is 2. The van der Waals surface area contributed by atoms with E-state index in [-0.39, 0.29) is 5.56 Å². The molecule has 0 saturated heterocycles. The van der Waals surface area contributed by atoms with Crippen LogP contribution in [0.4, 0.5) is 0 Å². The molecule has 0 aliphatic heterocycles. The molecule has 1 heterocycles. The van der Waals surface area contributed by atoms with E-state index < -0.39 is 0 Å². The highest BCUT2D eigenvalue weighted by Crippen LogP contribution is 2.01. The van der Waals surface area contributed by atoms with Crippen molar-refractivity contribution < 1.29 is 0 Å². The lowest BCUT2D eigenvalue weighted by atomic mass is 10.4. The first-order valence-electron chi connectivity index (χ1n) is 3.82. The van der Waals surface area contributed by atoms with Crippen molar-refractivity contribution in [3.63, 3.8) is 0 Å². The number of terminal acetylenes is 1. The zero-order chi connectivity index (χ0) is 9.84. The van der Waals surface area contributed by atoms with E-state index in [4.69, 9.17) is 6.42 Å². The van der Waals surface area contributed by atoms with Crippen LogP contribution in [0.5, 0.6) is 0 Å². The van der Waals surface area contributed by atoms with E-state index >= 15 is 0 Å². The van der Waals surface area contributed by atoms with E-state index in [0.717, 1.165) is 5.69 Å². The molecule has 0 fully saturated rings. The minimum absolute atomic E-state index is 0.0108. The van der Waals surface area contributed by atoms with Gasteiger partial charge in [0.05, 0.1) is 15.6 Å².